The van der Waals surface area contributed by atoms with Crippen LogP contribution in [0.1, 0.15) is 20.3 Å². The molecule has 0 heterocycles. The van der Waals surface area contributed by atoms with Crippen LogP contribution in [0.5, 0.6) is 0 Å². The fourth-order valence-corrected chi connectivity index (χ4v) is 0.954. The maximum absolute atomic E-state index is 10.4. The van der Waals surface area contributed by atoms with Gasteiger partial charge in [0.15, 0.2) is 0 Å². The van der Waals surface area contributed by atoms with Gasteiger partial charge in [0.25, 0.3) is 0 Å². The third-order valence-electron chi connectivity index (χ3n) is 1.62. The van der Waals surface area contributed by atoms with E-state index in [9.17, 15) is 9.90 Å². The molecule has 1 amide bonds. The Bertz CT molecular complexity index is 124. The van der Waals surface area contributed by atoms with Crippen LogP contribution in [0.15, 0.2) is 0 Å². The first-order valence-electron chi connectivity index (χ1n) is 3.82. The summed E-state index contributed by atoms with van der Waals surface area (Å²) in [6, 6.07) is 0. The van der Waals surface area contributed by atoms with Crippen molar-refractivity contribution in [1.29, 1.82) is 0 Å². The first kappa shape index (κ1) is 10.4. The van der Waals surface area contributed by atoms with Crippen LogP contribution in [0.2, 0.25) is 0 Å². The van der Waals surface area contributed by atoms with E-state index in [0.29, 0.717) is 0 Å². The number of carbonyl (C=O) groups is 1. The summed E-state index contributed by atoms with van der Waals surface area (Å²) in [5, 5.41) is 9.30. The molecule has 0 aromatic carbocycles. The maximum Gasteiger partial charge on any atom is 0.221 e. The van der Waals surface area contributed by atoms with Gasteiger partial charge in [0.05, 0.1) is 6.42 Å². The van der Waals surface area contributed by atoms with Crippen molar-refractivity contribution < 1.29 is 9.90 Å². The van der Waals surface area contributed by atoms with E-state index in [0.717, 1.165) is 13.1 Å². The molecule has 66 valence electrons. The zero-order valence-corrected chi connectivity index (χ0v) is 7.08. The molecule has 3 N–H and O–H groups in total. The minimum absolute atomic E-state index is 0.0156. The van der Waals surface area contributed by atoms with Crippen LogP contribution in [-0.4, -0.2) is 35.2 Å². The number of hydrogen-bond acceptors (Lipinski definition) is 3. The zero-order valence-electron chi connectivity index (χ0n) is 7.08. The van der Waals surface area contributed by atoms with Crippen molar-refractivity contribution in [3.63, 3.8) is 0 Å². The molecule has 0 aliphatic carbocycles. The molecule has 0 saturated carbocycles. The van der Waals surface area contributed by atoms with Gasteiger partial charge in [-0.05, 0) is 13.1 Å². The lowest BCUT2D eigenvalue weighted by Crippen LogP contribution is -2.37. The highest BCUT2D eigenvalue weighted by atomic mass is 16.3. The highest BCUT2D eigenvalue weighted by Crippen LogP contribution is 1.98. The predicted molar refractivity (Wildman–Crippen MR) is 42.7 cm³/mol. The number of primary amides is 1. The van der Waals surface area contributed by atoms with Crippen molar-refractivity contribution in [3.8, 4) is 0 Å². The summed E-state index contributed by atoms with van der Waals surface area (Å²) in [7, 11) is 0. The molecule has 0 aromatic rings. The molecule has 0 aliphatic heterocycles. The smallest absolute Gasteiger partial charge is 0.221 e. The molecule has 0 saturated heterocycles. The summed E-state index contributed by atoms with van der Waals surface area (Å²) < 4.78 is 0. The van der Waals surface area contributed by atoms with E-state index in [1.165, 1.54) is 0 Å². The number of rotatable bonds is 5. The number of nitrogens with zero attached hydrogens (tertiary/aromatic N) is 1. The van der Waals surface area contributed by atoms with Gasteiger partial charge in [-0.2, -0.15) is 0 Å². The van der Waals surface area contributed by atoms with Crippen LogP contribution in [0.3, 0.4) is 0 Å². The van der Waals surface area contributed by atoms with Gasteiger partial charge in [0.2, 0.25) is 5.91 Å². The van der Waals surface area contributed by atoms with Gasteiger partial charge in [0, 0.05) is 0 Å². The average Bonchev–Trinajstić information content (AvgIpc) is 1.88. The fourth-order valence-electron chi connectivity index (χ4n) is 0.954. The van der Waals surface area contributed by atoms with E-state index in [4.69, 9.17) is 5.73 Å². The van der Waals surface area contributed by atoms with Gasteiger partial charge >= 0.3 is 0 Å². The third-order valence-corrected chi connectivity index (χ3v) is 1.62. The molecule has 0 aromatic heterocycles. The van der Waals surface area contributed by atoms with Crippen LogP contribution in [0, 0.1) is 0 Å². The molecule has 1 atom stereocenters. The van der Waals surface area contributed by atoms with Gasteiger partial charge in [-0.25, -0.2) is 0 Å². The molecule has 0 radical (unpaired) electrons. The standard InChI is InChI=1S/C7H16N2O2/c1-3-9(4-2)7(11)5-6(8)10/h7,11H,3-5H2,1-2H3,(H2,8,10). The second-order valence-corrected chi connectivity index (χ2v) is 2.37. The molecule has 0 bridgehead atoms. The van der Waals surface area contributed by atoms with Crippen molar-refractivity contribution in [2.24, 2.45) is 5.73 Å². The lowest BCUT2D eigenvalue weighted by Gasteiger charge is -2.23. The highest BCUT2D eigenvalue weighted by molar-refractivity contribution is 5.74. The summed E-state index contributed by atoms with van der Waals surface area (Å²) in [6.45, 7) is 5.30. The first-order valence-corrected chi connectivity index (χ1v) is 3.82. The number of amides is 1. The van der Waals surface area contributed by atoms with E-state index in [-0.39, 0.29) is 6.42 Å². The lowest BCUT2D eigenvalue weighted by atomic mass is 10.3. The zero-order chi connectivity index (χ0) is 8.85. The molecular weight excluding hydrogens is 144 g/mol. The molecular formula is C7H16N2O2. The molecule has 0 spiro atoms. The van der Waals surface area contributed by atoms with Crippen molar-refractivity contribution >= 4 is 5.91 Å². The molecule has 0 rings (SSSR count). The first-order chi connectivity index (χ1) is 5.11. The van der Waals surface area contributed by atoms with E-state index >= 15 is 0 Å². The summed E-state index contributed by atoms with van der Waals surface area (Å²) >= 11 is 0. The topological polar surface area (TPSA) is 66.6 Å². The Kier molecular flexibility index (Phi) is 4.81. The Balaban J connectivity index is 3.78. The maximum atomic E-state index is 10.4. The summed E-state index contributed by atoms with van der Waals surface area (Å²) in [5.74, 6) is -0.468. The number of hydrogen-bond donors (Lipinski definition) is 2. The Hall–Kier alpha value is -0.610. The minimum atomic E-state index is -0.720. The van der Waals surface area contributed by atoms with Gasteiger partial charge in [-0.1, -0.05) is 13.8 Å². The van der Waals surface area contributed by atoms with Crippen LogP contribution < -0.4 is 5.73 Å². The Morgan fingerprint density at radius 1 is 1.55 bits per heavy atom. The number of aliphatic hydroxyl groups is 1. The van der Waals surface area contributed by atoms with Gasteiger partial charge in [0.1, 0.15) is 6.23 Å². The second kappa shape index (κ2) is 5.09. The number of carbonyl (C=O) groups excluding carboxylic acids is 1. The number of nitrogens with two attached hydrogens (primary N) is 1. The van der Waals surface area contributed by atoms with Crippen molar-refractivity contribution in [2.75, 3.05) is 13.1 Å². The molecule has 0 fully saturated rings. The summed E-state index contributed by atoms with van der Waals surface area (Å²) in [6.07, 6.45) is -0.704. The van der Waals surface area contributed by atoms with Crippen LogP contribution in [0.4, 0.5) is 0 Å². The van der Waals surface area contributed by atoms with Crippen molar-refractivity contribution in [3.05, 3.63) is 0 Å². The highest BCUT2D eigenvalue weighted by Gasteiger charge is 2.13. The van der Waals surface area contributed by atoms with Crippen molar-refractivity contribution in [1.82, 2.24) is 4.90 Å². The fraction of sp³-hybridized carbons (Fsp3) is 0.857. The van der Waals surface area contributed by atoms with Gasteiger partial charge in [-0.3, -0.25) is 9.69 Å². The predicted octanol–water partition coefficient (Wildman–Crippen LogP) is -0.478. The van der Waals surface area contributed by atoms with E-state index < -0.39 is 12.1 Å². The summed E-state index contributed by atoms with van der Waals surface area (Å²) in [4.78, 5) is 12.2. The summed E-state index contributed by atoms with van der Waals surface area (Å²) in [5.41, 5.74) is 4.91. The van der Waals surface area contributed by atoms with E-state index in [2.05, 4.69) is 0 Å². The van der Waals surface area contributed by atoms with Gasteiger partial charge < -0.3 is 10.8 Å². The second-order valence-electron chi connectivity index (χ2n) is 2.37. The minimum Gasteiger partial charge on any atom is -0.378 e. The Morgan fingerprint density at radius 3 is 2.27 bits per heavy atom. The molecule has 1 unspecified atom stereocenters. The van der Waals surface area contributed by atoms with Crippen LogP contribution in [-0.2, 0) is 4.79 Å². The van der Waals surface area contributed by atoms with Crippen LogP contribution in [0.25, 0.3) is 0 Å². The van der Waals surface area contributed by atoms with E-state index in [1.54, 1.807) is 4.90 Å². The molecule has 0 aliphatic rings. The molecule has 11 heavy (non-hydrogen) atoms. The van der Waals surface area contributed by atoms with Gasteiger partial charge in [-0.15, -0.1) is 0 Å². The Labute approximate surface area is 67.0 Å². The average molecular weight is 160 g/mol. The normalized spacial score (nSPS) is 13.5. The van der Waals surface area contributed by atoms with Crippen molar-refractivity contribution in [2.45, 2.75) is 26.5 Å². The SMILES string of the molecule is CCN(CC)C(O)CC(N)=O. The Morgan fingerprint density at radius 2 is 2.00 bits per heavy atom. The third kappa shape index (κ3) is 3.95. The van der Waals surface area contributed by atoms with Crippen LogP contribution >= 0.6 is 0 Å². The molecule has 4 nitrogen and oxygen atoms in total. The van der Waals surface area contributed by atoms with E-state index in [1.807, 2.05) is 13.8 Å². The lowest BCUT2D eigenvalue weighted by molar-refractivity contribution is -0.122. The monoisotopic (exact) mass is 160 g/mol. The number of aliphatic hydroxyl groups excluding tert-OH is 1. The largest absolute Gasteiger partial charge is 0.378 e. The molecule has 4 heteroatoms. The quantitative estimate of drug-likeness (QED) is 0.534.